The van der Waals surface area contributed by atoms with Gasteiger partial charge in [-0.2, -0.15) is 18.3 Å². The number of carbonyl (C=O) groups is 2. The van der Waals surface area contributed by atoms with Gasteiger partial charge in [-0.05, 0) is 59.8 Å². The fraction of sp³-hybridized carbons (Fsp3) is 0.320. The van der Waals surface area contributed by atoms with Crippen LogP contribution in [0.25, 0.3) is 17.0 Å². The van der Waals surface area contributed by atoms with E-state index in [2.05, 4.69) is 5.10 Å². The average Bonchev–Trinajstić information content (AvgIpc) is 3.49. The van der Waals surface area contributed by atoms with Crippen molar-refractivity contribution >= 4 is 51.5 Å². The van der Waals surface area contributed by atoms with Gasteiger partial charge < -0.3 is 0 Å². The number of likely N-dealkylation sites (tertiary alicyclic amines) is 1. The number of imide groups is 1. The van der Waals surface area contributed by atoms with E-state index in [0.29, 0.717) is 29.6 Å². The lowest BCUT2D eigenvalue weighted by atomic mass is 10.1. The summed E-state index contributed by atoms with van der Waals surface area (Å²) in [6.45, 7) is 2.90. The second kappa shape index (κ2) is 9.77. The Balaban J connectivity index is 1.39. The predicted molar refractivity (Wildman–Crippen MR) is 134 cm³/mol. The Morgan fingerprint density at radius 2 is 1.95 bits per heavy atom. The number of nitrogens with zero attached hydrogens (tertiary/aromatic N) is 4. The lowest BCUT2D eigenvalue weighted by molar-refractivity contribution is -0.138. The third-order valence-corrected chi connectivity index (χ3v) is 7.68. The Hall–Kier alpha value is -2.89. The van der Waals surface area contributed by atoms with Crippen molar-refractivity contribution in [3.8, 4) is 0 Å². The third-order valence-electron chi connectivity index (χ3n) is 6.56. The summed E-state index contributed by atoms with van der Waals surface area (Å²) in [6, 6.07) is 7.92. The molecule has 0 spiro atoms. The van der Waals surface area contributed by atoms with Crippen LogP contribution in [0.5, 0.6) is 0 Å². The van der Waals surface area contributed by atoms with E-state index in [1.54, 1.807) is 24.3 Å². The molecule has 5 rings (SSSR count). The summed E-state index contributed by atoms with van der Waals surface area (Å²) in [5, 5.41) is 4.38. The van der Waals surface area contributed by atoms with Gasteiger partial charge in [-0.15, -0.1) is 0 Å². The van der Waals surface area contributed by atoms with Gasteiger partial charge in [0, 0.05) is 23.5 Å². The first-order valence-electron chi connectivity index (χ1n) is 11.5. The van der Waals surface area contributed by atoms with Crippen molar-refractivity contribution in [1.82, 2.24) is 19.6 Å². The van der Waals surface area contributed by atoms with Gasteiger partial charge in [0.2, 0.25) is 0 Å². The molecular formula is C25H21ClF4N4O2S. The number of hydrogen-bond donors (Lipinski definition) is 0. The normalized spacial score (nSPS) is 22.2. The van der Waals surface area contributed by atoms with Crippen molar-refractivity contribution < 1.29 is 27.2 Å². The van der Waals surface area contributed by atoms with Crippen LogP contribution in [-0.2, 0) is 17.5 Å². The van der Waals surface area contributed by atoms with Crippen LogP contribution in [0.2, 0.25) is 5.02 Å². The van der Waals surface area contributed by atoms with Crippen LogP contribution in [0.3, 0.4) is 0 Å². The highest BCUT2D eigenvalue weighted by atomic mass is 35.5. The molecule has 12 heteroatoms. The Morgan fingerprint density at radius 1 is 1.16 bits per heavy atom. The van der Waals surface area contributed by atoms with Gasteiger partial charge in [0.1, 0.15) is 6.17 Å². The third kappa shape index (κ3) is 4.99. The molecule has 0 radical (unpaired) electrons. The molecule has 194 valence electrons. The molecule has 0 N–H and O–H groups in total. The lowest BCUT2D eigenvalue weighted by Crippen LogP contribution is -2.44. The molecule has 37 heavy (non-hydrogen) atoms. The molecule has 3 heterocycles. The van der Waals surface area contributed by atoms with Crippen LogP contribution < -0.4 is 0 Å². The molecule has 0 unspecified atom stereocenters. The van der Waals surface area contributed by atoms with E-state index in [9.17, 15) is 27.2 Å². The van der Waals surface area contributed by atoms with Crippen molar-refractivity contribution in [2.75, 3.05) is 19.6 Å². The summed E-state index contributed by atoms with van der Waals surface area (Å²) in [7, 11) is 0. The zero-order valence-corrected chi connectivity index (χ0v) is 21.1. The number of rotatable bonds is 5. The largest absolute Gasteiger partial charge is 0.416 e. The highest BCUT2D eigenvalue weighted by molar-refractivity contribution is 8.18. The first kappa shape index (κ1) is 25.7. The second-order valence-electron chi connectivity index (χ2n) is 8.91. The van der Waals surface area contributed by atoms with E-state index < -0.39 is 35.1 Å². The average molecular weight is 553 g/mol. The fourth-order valence-corrected chi connectivity index (χ4v) is 5.73. The maximum absolute atomic E-state index is 14.5. The minimum absolute atomic E-state index is 0.00638. The number of alkyl halides is 4. The van der Waals surface area contributed by atoms with Crippen LogP contribution in [0, 0.1) is 0 Å². The molecule has 2 aliphatic rings. The molecular weight excluding hydrogens is 532 g/mol. The van der Waals surface area contributed by atoms with Crippen molar-refractivity contribution in [3.63, 3.8) is 0 Å². The Morgan fingerprint density at radius 3 is 2.65 bits per heavy atom. The summed E-state index contributed by atoms with van der Waals surface area (Å²) >= 11 is 6.54. The van der Waals surface area contributed by atoms with Crippen LogP contribution >= 0.6 is 23.4 Å². The molecule has 0 aliphatic carbocycles. The minimum atomic E-state index is -4.56. The number of amides is 2. The number of hydrogen-bond acceptors (Lipinski definition) is 5. The maximum atomic E-state index is 14.5. The number of carbonyl (C=O) groups excluding carboxylic acids is 2. The molecule has 0 bridgehead atoms. The summed E-state index contributed by atoms with van der Waals surface area (Å²) in [4.78, 5) is 28.6. The monoisotopic (exact) mass is 552 g/mol. The SMILES string of the molecule is CCN1C[C@@H](F)[C@H](N2C(=O)SC(=Cc3ccc4c(cnn4Cc4ccc(Cl)cc4C(F)(F)F)c3)C2=O)C1. The lowest BCUT2D eigenvalue weighted by Gasteiger charge is -2.22. The molecule has 2 saturated heterocycles. The molecule has 2 amide bonds. The molecule has 2 atom stereocenters. The van der Waals surface area contributed by atoms with Crippen molar-refractivity contribution in [1.29, 1.82) is 0 Å². The molecule has 2 aromatic carbocycles. The molecule has 1 aromatic heterocycles. The number of aromatic nitrogens is 2. The standard InChI is InChI=1S/C25H21ClF4N4O2S/c1-2-32-12-19(27)21(13-32)34-23(35)22(37-24(34)36)8-14-3-6-20-16(7-14)10-31-33(20)11-15-4-5-17(26)9-18(15)25(28,29)30/h3-10,19,21H,2,11-13H2,1H3/t19-,21-/m1/s1. The van der Waals surface area contributed by atoms with Gasteiger partial charge in [0.05, 0.1) is 34.8 Å². The number of benzene rings is 2. The summed E-state index contributed by atoms with van der Waals surface area (Å²) < 4.78 is 56.4. The van der Waals surface area contributed by atoms with E-state index in [-0.39, 0.29) is 28.6 Å². The Kier molecular flexibility index (Phi) is 6.80. The minimum Gasteiger partial charge on any atom is -0.298 e. The molecule has 0 saturated carbocycles. The predicted octanol–water partition coefficient (Wildman–Crippen LogP) is 5.84. The summed E-state index contributed by atoms with van der Waals surface area (Å²) in [5.41, 5.74) is 0.410. The van der Waals surface area contributed by atoms with Gasteiger partial charge in [0.25, 0.3) is 11.1 Å². The molecule has 6 nitrogen and oxygen atoms in total. The van der Waals surface area contributed by atoms with Gasteiger partial charge in [-0.3, -0.25) is 24.1 Å². The van der Waals surface area contributed by atoms with Crippen molar-refractivity contribution in [2.45, 2.75) is 31.9 Å². The van der Waals surface area contributed by atoms with E-state index >= 15 is 0 Å². The highest BCUT2D eigenvalue weighted by Crippen LogP contribution is 2.37. The molecule has 2 fully saturated rings. The smallest absolute Gasteiger partial charge is 0.298 e. The Bertz CT molecular complexity index is 1420. The van der Waals surface area contributed by atoms with Gasteiger partial charge in [0.15, 0.2) is 0 Å². The number of halogens is 5. The first-order valence-corrected chi connectivity index (χ1v) is 12.7. The van der Waals surface area contributed by atoms with Gasteiger partial charge in [-0.1, -0.05) is 30.7 Å². The summed E-state index contributed by atoms with van der Waals surface area (Å²) in [6.07, 6.45) is -2.78. The highest BCUT2D eigenvalue weighted by Gasteiger charge is 2.46. The first-order chi connectivity index (χ1) is 17.5. The molecule has 2 aliphatic heterocycles. The second-order valence-corrected chi connectivity index (χ2v) is 10.3. The van der Waals surface area contributed by atoms with E-state index in [1.165, 1.54) is 23.0 Å². The van der Waals surface area contributed by atoms with Crippen molar-refractivity contribution in [3.05, 3.63) is 69.2 Å². The number of thioether (sulfide) groups is 1. The van der Waals surface area contributed by atoms with E-state index in [4.69, 9.17) is 11.6 Å². The zero-order chi connectivity index (χ0) is 26.5. The number of fused-ring (bicyclic) bond motifs is 1. The number of likely N-dealkylation sites (N-methyl/N-ethyl adjacent to an activating group) is 1. The van der Waals surface area contributed by atoms with Gasteiger partial charge >= 0.3 is 6.18 Å². The van der Waals surface area contributed by atoms with Crippen LogP contribution in [-0.4, -0.2) is 62.6 Å². The van der Waals surface area contributed by atoms with Crippen LogP contribution in [0.4, 0.5) is 22.4 Å². The van der Waals surface area contributed by atoms with Gasteiger partial charge in [-0.25, -0.2) is 4.39 Å². The van der Waals surface area contributed by atoms with Crippen LogP contribution in [0.15, 0.2) is 47.5 Å². The molecule has 3 aromatic rings. The van der Waals surface area contributed by atoms with E-state index in [0.717, 1.165) is 22.7 Å². The quantitative estimate of drug-likeness (QED) is 0.294. The fourth-order valence-electron chi connectivity index (χ4n) is 4.67. The maximum Gasteiger partial charge on any atom is 0.416 e. The zero-order valence-electron chi connectivity index (χ0n) is 19.5. The summed E-state index contributed by atoms with van der Waals surface area (Å²) in [5.74, 6) is -0.529. The van der Waals surface area contributed by atoms with Crippen molar-refractivity contribution in [2.24, 2.45) is 0 Å². The topological polar surface area (TPSA) is 58.4 Å². The van der Waals surface area contributed by atoms with Crippen LogP contribution in [0.1, 0.15) is 23.6 Å². The van der Waals surface area contributed by atoms with E-state index in [1.807, 2.05) is 11.8 Å². The Labute approximate surface area is 218 Å².